The molecule has 0 aromatic heterocycles. The molecule has 6 heteroatoms. The van der Waals surface area contributed by atoms with Crippen molar-refractivity contribution in [2.24, 2.45) is 5.73 Å². The van der Waals surface area contributed by atoms with Gasteiger partial charge in [0.1, 0.15) is 5.75 Å². The molecule has 0 amide bonds. The van der Waals surface area contributed by atoms with E-state index < -0.39 is 23.0 Å². The summed E-state index contributed by atoms with van der Waals surface area (Å²) in [6, 6.07) is 1.83. The van der Waals surface area contributed by atoms with Crippen LogP contribution in [0.4, 0.5) is 13.2 Å². The Morgan fingerprint density at radius 3 is 2.26 bits per heavy atom. The summed E-state index contributed by atoms with van der Waals surface area (Å²) < 4.78 is 39.2. The Morgan fingerprint density at radius 1 is 1.16 bits per heavy atom. The average Bonchev–Trinajstić information content (AvgIpc) is 2.31. The van der Waals surface area contributed by atoms with Crippen LogP contribution in [-0.2, 0) is 11.7 Å². The minimum absolute atomic E-state index is 0.0116. The van der Waals surface area contributed by atoms with Crippen LogP contribution in [0, 0.1) is 0 Å². The van der Waals surface area contributed by atoms with Crippen LogP contribution >= 0.6 is 11.6 Å². The van der Waals surface area contributed by atoms with Gasteiger partial charge >= 0.3 is 6.18 Å². The van der Waals surface area contributed by atoms with Crippen LogP contribution in [0.15, 0.2) is 12.1 Å². The number of phenolic OH excluding ortho intramolecular Hbond substituents is 1. The lowest BCUT2D eigenvalue weighted by Gasteiger charge is -2.36. The van der Waals surface area contributed by atoms with Gasteiger partial charge in [0.25, 0.3) is 0 Å². The second-order valence-electron chi connectivity index (χ2n) is 5.06. The van der Waals surface area contributed by atoms with Gasteiger partial charge in [0.05, 0.1) is 10.6 Å². The van der Waals surface area contributed by atoms with E-state index in [0.29, 0.717) is 18.9 Å². The highest BCUT2D eigenvalue weighted by Crippen LogP contribution is 2.44. The average molecular weight is 294 g/mol. The molecule has 0 bridgehead atoms. The molecule has 0 saturated heterocycles. The topological polar surface area (TPSA) is 46.2 Å². The molecule has 1 aliphatic rings. The first-order valence-electron chi connectivity index (χ1n) is 6.13. The fourth-order valence-electron chi connectivity index (χ4n) is 2.66. The van der Waals surface area contributed by atoms with E-state index in [9.17, 15) is 18.3 Å². The molecule has 1 saturated carbocycles. The molecule has 0 radical (unpaired) electrons. The first kappa shape index (κ1) is 14.5. The highest BCUT2D eigenvalue weighted by Gasteiger charge is 2.41. The zero-order valence-electron chi connectivity index (χ0n) is 10.2. The van der Waals surface area contributed by atoms with Gasteiger partial charge in [0, 0.05) is 5.54 Å². The molecule has 3 N–H and O–H groups in total. The number of hydrogen-bond acceptors (Lipinski definition) is 2. The van der Waals surface area contributed by atoms with E-state index in [1.165, 1.54) is 0 Å². The fraction of sp³-hybridized carbons (Fsp3) is 0.538. The maximum atomic E-state index is 13.1. The third kappa shape index (κ3) is 2.82. The van der Waals surface area contributed by atoms with Gasteiger partial charge in [-0.05, 0) is 30.5 Å². The predicted octanol–water partition coefficient (Wildman–Crippen LogP) is 4.18. The van der Waals surface area contributed by atoms with Gasteiger partial charge in [-0.15, -0.1) is 0 Å². The summed E-state index contributed by atoms with van der Waals surface area (Å²) in [7, 11) is 0. The van der Waals surface area contributed by atoms with Gasteiger partial charge in [-0.25, -0.2) is 0 Å². The Labute approximate surface area is 114 Å². The van der Waals surface area contributed by atoms with E-state index in [4.69, 9.17) is 17.3 Å². The van der Waals surface area contributed by atoms with Gasteiger partial charge in [-0.2, -0.15) is 13.2 Å². The molecule has 1 aromatic rings. The minimum Gasteiger partial charge on any atom is -0.506 e. The number of nitrogens with two attached hydrogens (primary N) is 1. The highest BCUT2D eigenvalue weighted by atomic mass is 35.5. The van der Waals surface area contributed by atoms with Crippen LogP contribution in [0.2, 0.25) is 5.02 Å². The highest BCUT2D eigenvalue weighted by molar-refractivity contribution is 6.32. The second kappa shape index (κ2) is 4.87. The van der Waals surface area contributed by atoms with Crippen molar-refractivity contribution in [3.8, 4) is 5.75 Å². The van der Waals surface area contributed by atoms with Crippen molar-refractivity contribution in [1.29, 1.82) is 0 Å². The van der Waals surface area contributed by atoms with Gasteiger partial charge in [0.15, 0.2) is 0 Å². The van der Waals surface area contributed by atoms with E-state index in [-0.39, 0.29) is 10.6 Å². The zero-order valence-corrected chi connectivity index (χ0v) is 11.0. The zero-order chi connectivity index (χ0) is 14.3. The molecule has 19 heavy (non-hydrogen) atoms. The van der Waals surface area contributed by atoms with Crippen LogP contribution in [-0.4, -0.2) is 5.11 Å². The van der Waals surface area contributed by atoms with Gasteiger partial charge < -0.3 is 10.8 Å². The molecule has 0 unspecified atom stereocenters. The first-order chi connectivity index (χ1) is 8.74. The van der Waals surface area contributed by atoms with Crippen LogP contribution in [0.3, 0.4) is 0 Å². The second-order valence-corrected chi connectivity index (χ2v) is 5.47. The SMILES string of the molecule is NC1(c2cc(Cl)c(O)cc2C(F)(F)F)CCCCC1. The van der Waals surface area contributed by atoms with Gasteiger partial charge in [0.2, 0.25) is 0 Å². The summed E-state index contributed by atoms with van der Waals surface area (Å²) >= 11 is 5.74. The summed E-state index contributed by atoms with van der Waals surface area (Å²) in [5, 5.41) is 9.30. The van der Waals surface area contributed by atoms with E-state index in [1.807, 2.05) is 0 Å². The molecule has 0 atom stereocenters. The molecule has 1 fully saturated rings. The molecular formula is C13H15ClF3NO. The largest absolute Gasteiger partial charge is 0.506 e. The van der Waals surface area contributed by atoms with E-state index in [0.717, 1.165) is 25.3 Å². The predicted molar refractivity (Wildman–Crippen MR) is 67.1 cm³/mol. The van der Waals surface area contributed by atoms with Gasteiger partial charge in [-0.3, -0.25) is 0 Å². The Bertz CT molecular complexity index is 482. The molecule has 0 heterocycles. The lowest BCUT2D eigenvalue weighted by atomic mass is 9.75. The van der Waals surface area contributed by atoms with Crippen molar-refractivity contribution in [3.05, 3.63) is 28.3 Å². The number of hydrogen-bond donors (Lipinski definition) is 2. The molecule has 0 aliphatic heterocycles. The first-order valence-corrected chi connectivity index (χ1v) is 6.51. The number of alkyl halides is 3. The van der Waals surface area contributed by atoms with Crippen LogP contribution in [0.5, 0.6) is 5.75 Å². The lowest BCUT2D eigenvalue weighted by Crippen LogP contribution is -2.40. The smallest absolute Gasteiger partial charge is 0.416 e. The number of aromatic hydroxyl groups is 1. The quantitative estimate of drug-likeness (QED) is 0.816. The molecular weight excluding hydrogens is 279 g/mol. The third-order valence-electron chi connectivity index (χ3n) is 3.67. The Hall–Kier alpha value is -0.940. The van der Waals surface area contributed by atoms with Crippen molar-refractivity contribution in [1.82, 2.24) is 0 Å². The van der Waals surface area contributed by atoms with Crippen LogP contribution < -0.4 is 5.73 Å². The number of rotatable bonds is 1. The van der Waals surface area contributed by atoms with Crippen molar-refractivity contribution in [2.75, 3.05) is 0 Å². The monoisotopic (exact) mass is 293 g/mol. The van der Waals surface area contributed by atoms with Crippen molar-refractivity contribution in [3.63, 3.8) is 0 Å². The Balaban J connectivity index is 2.57. The maximum absolute atomic E-state index is 13.1. The Morgan fingerprint density at radius 2 is 1.74 bits per heavy atom. The molecule has 106 valence electrons. The maximum Gasteiger partial charge on any atom is 0.416 e. The van der Waals surface area contributed by atoms with E-state index in [1.54, 1.807) is 0 Å². The fourth-order valence-corrected chi connectivity index (χ4v) is 2.82. The van der Waals surface area contributed by atoms with Crippen molar-refractivity contribution in [2.45, 2.75) is 43.8 Å². The van der Waals surface area contributed by atoms with Crippen molar-refractivity contribution >= 4 is 11.6 Å². The number of halogens is 4. The molecule has 0 spiro atoms. The van der Waals surface area contributed by atoms with Gasteiger partial charge in [-0.1, -0.05) is 30.9 Å². The summed E-state index contributed by atoms with van der Waals surface area (Å²) in [6.07, 6.45) is -0.986. The van der Waals surface area contributed by atoms with Crippen LogP contribution in [0.25, 0.3) is 0 Å². The lowest BCUT2D eigenvalue weighted by molar-refractivity contribution is -0.139. The minimum atomic E-state index is -4.55. The van der Waals surface area contributed by atoms with E-state index >= 15 is 0 Å². The molecule has 2 rings (SSSR count). The van der Waals surface area contributed by atoms with E-state index in [2.05, 4.69) is 0 Å². The summed E-state index contributed by atoms with van der Waals surface area (Å²) in [5.74, 6) is -0.572. The molecule has 1 aromatic carbocycles. The summed E-state index contributed by atoms with van der Waals surface area (Å²) in [6.45, 7) is 0. The molecule has 2 nitrogen and oxygen atoms in total. The van der Waals surface area contributed by atoms with Crippen LogP contribution in [0.1, 0.15) is 43.2 Å². The molecule has 1 aliphatic carbocycles. The third-order valence-corrected chi connectivity index (χ3v) is 3.98. The Kier molecular flexibility index (Phi) is 3.71. The normalized spacial score (nSPS) is 19.4. The summed E-state index contributed by atoms with van der Waals surface area (Å²) in [4.78, 5) is 0. The summed E-state index contributed by atoms with van der Waals surface area (Å²) in [5.41, 5.74) is 4.24. The number of phenols is 1. The standard InChI is InChI=1S/C13H15ClF3NO/c14-10-6-8(12(18)4-2-1-3-5-12)9(7-11(10)19)13(15,16)17/h6-7,19H,1-5,18H2. The number of benzene rings is 1. The van der Waals surface area contributed by atoms with Crippen molar-refractivity contribution < 1.29 is 18.3 Å².